The highest BCUT2D eigenvalue weighted by atomic mass is 16.5. The van der Waals surface area contributed by atoms with Gasteiger partial charge in [0.2, 0.25) is 0 Å². The van der Waals surface area contributed by atoms with Gasteiger partial charge in [-0.2, -0.15) is 0 Å². The van der Waals surface area contributed by atoms with Crippen LogP contribution in [0.5, 0.6) is 5.75 Å². The molecule has 1 fully saturated rings. The van der Waals surface area contributed by atoms with Crippen molar-refractivity contribution in [3.05, 3.63) is 47.7 Å². The number of methoxy groups -OCH3 is 1. The van der Waals surface area contributed by atoms with Crippen LogP contribution in [-0.2, 0) is 6.42 Å². The monoisotopic (exact) mass is 354 g/mol. The first kappa shape index (κ1) is 18.2. The number of benzene rings is 1. The maximum atomic E-state index is 12.2. The van der Waals surface area contributed by atoms with Gasteiger partial charge in [0.05, 0.1) is 7.11 Å². The minimum Gasteiger partial charge on any atom is -0.496 e. The zero-order chi connectivity index (χ0) is 18.2. The molecule has 0 atom stereocenters. The molecular weight excluding hydrogens is 328 g/mol. The average molecular weight is 354 g/mol. The number of hydrogen-bond donors (Lipinski definition) is 2. The molecule has 1 aliphatic rings. The lowest BCUT2D eigenvalue weighted by Crippen LogP contribution is -2.36. The molecule has 6 heteroatoms. The van der Waals surface area contributed by atoms with Gasteiger partial charge in [-0.3, -0.25) is 4.79 Å². The number of ether oxygens (including phenoxy) is 1. The van der Waals surface area contributed by atoms with Crippen molar-refractivity contribution in [3.63, 3.8) is 0 Å². The molecule has 0 bridgehead atoms. The maximum Gasteiger partial charge on any atom is 0.272 e. The van der Waals surface area contributed by atoms with E-state index in [0.717, 1.165) is 30.6 Å². The fraction of sp³-hybridized carbons (Fsp3) is 0.450. The van der Waals surface area contributed by atoms with E-state index in [1.54, 1.807) is 19.2 Å². The summed E-state index contributed by atoms with van der Waals surface area (Å²) in [6, 6.07) is 11.7. The molecule has 138 valence electrons. The Labute approximate surface area is 154 Å². The van der Waals surface area contributed by atoms with Gasteiger partial charge >= 0.3 is 0 Å². The van der Waals surface area contributed by atoms with Crippen LogP contribution in [0.25, 0.3) is 0 Å². The number of nitrogens with one attached hydrogen (secondary N) is 2. The Morgan fingerprint density at radius 2 is 1.92 bits per heavy atom. The summed E-state index contributed by atoms with van der Waals surface area (Å²) in [6.45, 7) is 0.711. The molecule has 1 aliphatic carbocycles. The smallest absolute Gasteiger partial charge is 0.272 e. The van der Waals surface area contributed by atoms with Crippen LogP contribution in [0.2, 0.25) is 0 Å². The summed E-state index contributed by atoms with van der Waals surface area (Å²) in [7, 11) is 1.68. The predicted molar refractivity (Wildman–Crippen MR) is 102 cm³/mol. The molecule has 0 aliphatic heterocycles. The van der Waals surface area contributed by atoms with Gasteiger partial charge < -0.3 is 15.4 Å². The number of nitrogens with zero attached hydrogens (tertiary/aromatic N) is 2. The summed E-state index contributed by atoms with van der Waals surface area (Å²) in [5.74, 6) is 1.41. The van der Waals surface area contributed by atoms with Crippen LogP contribution in [0.3, 0.4) is 0 Å². The lowest BCUT2D eigenvalue weighted by Gasteiger charge is -2.22. The van der Waals surface area contributed by atoms with Crippen molar-refractivity contribution in [1.29, 1.82) is 0 Å². The molecule has 0 radical (unpaired) electrons. The molecule has 1 aromatic heterocycles. The van der Waals surface area contributed by atoms with Crippen molar-refractivity contribution >= 4 is 11.7 Å². The molecule has 1 aromatic carbocycles. The van der Waals surface area contributed by atoms with Crippen LogP contribution < -0.4 is 15.4 Å². The van der Waals surface area contributed by atoms with Gasteiger partial charge in [-0.25, -0.2) is 0 Å². The highest BCUT2D eigenvalue weighted by molar-refractivity contribution is 5.92. The van der Waals surface area contributed by atoms with E-state index >= 15 is 0 Å². The van der Waals surface area contributed by atoms with Crippen LogP contribution >= 0.6 is 0 Å². The van der Waals surface area contributed by atoms with E-state index in [1.807, 2.05) is 24.3 Å². The van der Waals surface area contributed by atoms with Crippen LogP contribution in [0.1, 0.15) is 48.2 Å². The highest BCUT2D eigenvalue weighted by Gasteiger charge is 2.17. The van der Waals surface area contributed by atoms with Gasteiger partial charge in [0.25, 0.3) is 5.91 Å². The molecule has 26 heavy (non-hydrogen) atoms. The number of para-hydroxylation sites is 1. The van der Waals surface area contributed by atoms with E-state index in [-0.39, 0.29) is 11.9 Å². The van der Waals surface area contributed by atoms with Crippen molar-refractivity contribution in [1.82, 2.24) is 15.5 Å². The molecule has 3 rings (SSSR count). The lowest BCUT2D eigenvalue weighted by molar-refractivity contribution is 0.0921. The second-order valence-electron chi connectivity index (χ2n) is 6.60. The first-order valence-electron chi connectivity index (χ1n) is 9.26. The molecule has 0 spiro atoms. The van der Waals surface area contributed by atoms with Gasteiger partial charge in [-0.15, -0.1) is 10.2 Å². The van der Waals surface area contributed by atoms with Gasteiger partial charge in [0, 0.05) is 12.6 Å². The minimum atomic E-state index is -0.134. The van der Waals surface area contributed by atoms with E-state index in [2.05, 4.69) is 20.8 Å². The molecule has 1 heterocycles. The van der Waals surface area contributed by atoms with E-state index in [9.17, 15) is 4.79 Å². The van der Waals surface area contributed by atoms with E-state index in [4.69, 9.17) is 4.74 Å². The fourth-order valence-corrected chi connectivity index (χ4v) is 3.29. The minimum absolute atomic E-state index is 0.134. The van der Waals surface area contributed by atoms with E-state index in [1.165, 1.54) is 19.3 Å². The van der Waals surface area contributed by atoms with Crippen LogP contribution in [-0.4, -0.2) is 35.8 Å². The normalized spacial score (nSPS) is 14.7. The summed E-state index contributed by atoms with van der Waals surface area (Å²) >= 11 is 0. The Kier molecular flexibility index (Phi) is 6.41. The summed E-state index contributed by atoms with van der Waals surface area (Å²) < 4.78 is 5.35. The highest BCUT2D eigenvalue weighted by Crippen LogP contribution is 2.18. The van der Waals surface area contributed by atoms with Crippen molar-refractivity contribution in [2.45, 2.75) is 44.6 Å². The van der Waals surface area contributed by atoms with Gasteiger partial charge in [-0.05, 0) is 43.0 Å². The summed E-state index contributed by atoms with van der Waals surface area (Å²) in [4.78, 5) is 12.2. The topological polar surface area (TPSA) is 76.1 Å². The Hall–Kier alpha value is -2.63. The number of aromatic nitrogens is 2. The van der Waals surface area contributed by atoms with Crippen LogP contribution in [0, 0.1) is 0 Å². The Bertz CT molecular complexity index is 712. The van der Waals surface area contributed by atoms with Crippen molar-refractivity contribution < 1.29 is 9.53 Å². The van der Waals surface area contributed by atoms with Crippen molar-refractivity contribution in [3.8, 4) is 5.75 Å². The predicted octanol–water partition coefficient (Wildman–Crippen LogP) is 3.20. The number of carbonyl (C=O) groups excluding carboxylic acids is 1. The fourth-order valence-electron chi connectivity index (χ4n) is 3.29. The molecule has 2 aromatic rings. The maximum absolute atomic E-state index is 12.2. The standard InChI is InChI=1S/C20H26N4O2/c1-26-18-10-6-5-7-15(18)13-14-21-19-12-11-17(23-24-19)20(25)22-16-8-3-2-4-9-16/h5-7,10-12,16H,2-4,8-9,13-14H2,1H3,(H,21,24)(H,22,25). The largest absolute Gasteiger partial charge is 0.496 e. The zero-order valence-corrected chi connectivity index (χ0v) is 15.2. The molecule has 1 saturated carbocycles. The first-order chi connectivity index (χ1) is 12.8. The third-order valence-corrected chi connectivity index (χ3v) is 4.73. The number of anilines is 1. The Morgan fingerprint density at radius 1 is 1.12 bits per heavy atom. The summed E-state index contributed by atoms with van der Waals surface area (Å²) in [5, 5.41) is 14.5. The molecule has 6 nitrogen and oxygen atoms in total. The van der Waals surface area contributed by atoms with Crippen molar-refractivity contribution in [2.24, 2.45) is 0 Å². The SMILES string of the molecule is COc1ccccc1CCNc1ccc(C(=O)NC2CCCCC2)nn1. The van der Waals surface area contributed by atoms with Crippen LogP contribution in [0.15, 0.2) is 36.4 Å². The summed E-state index contributed by atoms with van der Waals surface area (Å²) in [6.07, 6.45) is 6.57. The summed E-state index contributed by atoms with van der Waals surface area (Å²) in [5.41, 5.74) is 1.50. The number of hydrogen-bond acceptors (Lipinski definition) is 5. The third-order valence-electron chi connectivity index (χ3n) is 4.73. The molecule has 0 saturated heterocycles. The molecular formula is C20H26N4O2. The third kappa shape index (κ3) is 4.94. The molecule has 2 N–H and O–H groups in total. The number of rotatable bonds is 7. The zero-order valence-electron chi connectivity index (χ0n) is 15.2. The van der Waals surface area contributed by atoms with E-state index in [0.29, 0.717) is 18.1 Å². The average Bonchev–Trinajstić information content (AvgIpc) is 2.69. The van der Waals surface area contributed by atoms with E-state index < -0.39 is 0 Å². The molecule has 1 amide bonds. The van der Waals surface area contributed by atoms with Gasteiger partial charge in [-0.1, -0.05) is 37.5 Å². The quantitative estimate of drug-likeness (QED) is 0.798. The molecule has 0 unspecified atom stereocenters. The Morgan fingerprint density at radius 3 is 2.65 bits per heavy atom. The van der Waals surface area contributed by atoms with Crippen LogP contribution in [0.4, 0.5) is 5.82 Å². The second-order valence-corrected chi connectivity index (χ2v) is 6.60. The van der Waals surface area contributed by atoms with Gasteiger partial charge in [0.1, 0.15) is 11.6 Å². The number of carbonyl (C=O) groups is 1. The lowest BCUT2D eigenvalue weighted by atomic mass is 9.95. The van der Waals surface area contributed by atoms with Crippen molar-refractivity contribution in [2.75, 3.05) is 19.0 Å². The van der Waals surface area contributed by atoms with Gasteiger partial charge in [0.15, 0.2) is 5.69 Å². The number of amides is 1. The first-order valence-corrected chi connectivity index (χ1v) is 9.26. The Balaban J connectivity index is 1.48. The second kappa shape index (κ2) is 9.17.